The van der Waals surface area contributed by atoms with Crippen LogP contribution in [-0.2, 0) is 15.3 Å². The zero-order valence-electron chi connectivity index (χ0n) is 12.3. The average molecular weight is 315 g/mol. The minimum absolute atomic E-state index is 0.0928. The van der Waals surface area contributed by atoms with Crippen molar-refractivity contribution in [3.05, 3.63) is 29.3 Å². The van der Waals surface area contributed by atoms with Crippen LogP contribution in [0, 0.1) is 17.8 Å². The molecule has 0 radical (unpaired) electrons. The standard InChI is InChI=1S/C16H23ClO2S/c1-11(2)15-9-4-12(3)10-16(15)19-20(18)14-7-5-13(17)6-8-14/h5-8,11-12,15-16H,4,9-10H2,1-3H3/t12-,15+,16-,20-/m1/s1. The molecule has 0 unspecified atom stereocenters. The van der Waals surface area contributed by atoms with Gasteiger partial charge in [-0.3, -0.25) is 4.18 Å². The first-order chi connectivity index (χ1) is 9.47. The molecule has 1 aliphatic rings. The Morgan fingerprint density at radius 2 is 1.90 bits per heavy atom. The molecule has 0 spiro atoms. The van der Waals surface area contributed by atoms with E-state index in [2.05, 4.69) is 20.8 Å². The highest BCUT2D eigenvalue weighted by molar-refractivity contribution is 7.80. The molecule has 0 heterocycles. The Balaban J connectivity index is 2.05. The third kappa shape index (κ3) is 4.06. The Morgan fingerprint density at radius 3 is 2.50 bits per heavy atom. The molecule has 2 rings (SSSR count). The van der Waals surface area contributed by atoms with Gasteiger partial charge in [0.05, 0.1) is 11.0 Å². The van der Waals surface area contributed by atoms with Crippen LogP contribution in [0.3, 0.4) is 0 Å². The topological polar surface area (TPSA) is 26.3 Å². The molecule has 2 nitrogen and oxygen atoms in total. The smallest absolute Gasteiger partial charge is 0.189 e. The van der Waals surface area contributed by atoms with Crippen molar-refractivity contribution >= 4 is 22.7 Å². The number of hydrogen-bond donors (Lipinski definition) is 0. The summed E-state index contributed by atoms with van der Waals surface area (Å²) in [6, 6.07) is 7.05. The highest BCUT2D eigenvalue weighted by atomic mass is 35.5. The van der Waals surface area contributed by atoms with Crippen molar-refractivity contribution in [2.45, 2.75) is 51.0 Å². The highest BCUT2D eigenvalue weighted by Crippen LogP contribution is 2.36. The van der Waals surface area contributed by atoms with Gasteiger partial charge in [0.25, 0.3) is 0 Å². The molecule has 1 saturated carbocycles. The average Bonchev–Trinajstić information content (AvgIpc) is 2.39. The van der Waals surface area contributed by atoms with Crippen molar-refractivity contribution in [1.29, 1.82) is 0 Å². The van der Waals surface area contributed by atoms with Crippen LogP contribution in [0.25, 0.3) is 0 Å². The van der Waals surface area contributed by atoms with E-state index in [9.17, 15) is 4.21 Å². The molecule has 4 heteroatoms. The lowest BCUT2D eigenvalue weighted by atomic mass is 9.75. The van der Waals surface area contributed by atoms with Crippen molar-refractivity contribution < 1.29 is 8.39 Å². The highest BCUT2D eigenvalue weighted by Gasteiger charge is 2.33. The summed E-state index contributed by atoms with van der Waals surface area (Å²) in [7, 11) is 0. The summed E-state index contributed by atoms with van der Waals surface area (Å²) in [5.74, 6) is 1.72. The molecule has 0 saturated heterocycles. The van der Waals surface area contributed by atoms with Crippen LogP contribution in [0.5, 0.6) is 0 Å². The lowest BCUT2D eigenvalue weighted by Gasteiger charge is -2.36. The zero-order valence-corrected chi connectivity index (χ0v) is 13.9. The van der Waals surface area contributed by atoms with E-state index in [1.165, 1.54) is 12.8 Å². The molecule has 1 aromatic rings. The summed E-state index contributed by atoms with van der Waals surface area (Å²) in [5.41, 5.74) is 0. The molecule has 0 bridgehead atoms. The van der Waals surface area contributed by atoms with Crippen molar-refractivity contribution in [1.82, 2.24) is 0 Å². The first-order valence-corrected chi connectivity index (χ1v) is 8.77. The summed E-state index contributed by atoms with van der Waals surface area (Å²) in [4.78, 5) is 0.690. The quantitative estimate of drug-likeness (QED) is 0.795. The van der Waals surface area contributed by atoms with Crippen LogP contribution < -0.4 is 0 Å². The molecule has 1 aromatic carbocycles. The van der Waals surface area contributed by atoms with Gasteiger partial charge < -0.3 is 0 Å². The second-order valence-electron chi connectivity index (χ2n) is 6.15. The van der Waals surface area contributed by atoms with Gasteiger partial charge in [-0.2, -0.15) is 0 Å². The van der Waals surface area contributed by atoms with Gasteiger partial charge in [-0.15, -0.1) is 0 Å². The van der Waals surface area contributed by atoms with E-state index in [1.807, 2.05) is 0 Å². The van der Waals surface area contributed by atoms with Crippen molar-refractivity contribution in [3.63, 3.8) is 0 Å². The fraction of sp³-hybridized carbons (Fsp3) is 0.625. The van der Waals surface area contributed by atoms with E-state index < -0.39 is 11.1 Å². The van der Waals surface area contributed by atoms with Crippen molar-refractivity contribution in [2.24, 2.45) is 17.8 Å². The maximum absolute atomic E-state index is 12.3. The summed E-state index contributed by atoms with van der Waals surface area (Å²) < 4.78 is 18.2. The van der Waals surface area contributed by atoms with Crippen LogP contribution in [0.2, 0.25) is 5.02 Å². The first-order valence-electron chi connectivity index (χ1n) is 7.32. The summed E-state index contributed by atoms with van der Waals surface area (Å²) in [6.07, 6.45) is 3.51. The molecule has 1 fully saturated rings. The predicted octanol–water partition coefficient (Wildman–Crippen LogP) is 4.84. The Bertz CT molecular complexity index is 458. The zero-order chi connectivity index (χ0) is 14.7. The van der Waals surface area contributed by atoms with E-state index in [1.54, 1.807) is 24.3 Å². The SMILES string of the molecule is CC(C)[C@@H]1CC[C@@H](C)C[C@H]1O[S@@](=O)c1ccc(Cl)cc1. The normalized spacial score (nSPS) is 28.6. The molecule has 112 valence electrons. The number of rotatable bonds is 4. The summed E-state index contributed by atoms with van der Waals surface area (Å²) in [5, 5.41) is 0.650. The van der Waals surface area contributed by atoms with Gasteiger partial charge in [-0.25, -0.2) is 4.21 Å². The molecule has 1 aliphatic carbocycles. The molecule has 0 N–H and O–H groups in total. The van der Waals surface area contributed by atoms with Crippen molar-refractivity contribution in [2.75, 3.05) is 0 Å². The molecule has 0 amide bonds. The number of benzene rings is 1. The third-order valence-electron chi connectivity index (χ3n) is 4.18. The molecule has 0 aliphatic heterocycles. The van der Waals surface area contributed by atoms with Gasteiger partial charge in [0.2, 0.25) is 0 Å². The molecular formula is C16H23ClO2S. The predicted molar refractivity (Wildman–Crippen MR) is 84.1 cm³/mol. The molecular weight excluding hydrogens is 292 g/mol. The fourth-order valence-electron chi connectivity index (χ4n) is 2.94. The molecule has 4 atom stereocenters. The van der Waals surface area contributed by atoms with E-state index >= 15 is 0 Å². The monoisotopic (exact) mass is 314 g/mol. The van der Waals surface area contributed by atoms with Crippen LogP contribution in [0.4, 0.5) is 0 Å². The van der Waals surface area contributed by atoms with E-state index in [-0.39, 0.29) is 6.10 Å². The lowest BCUT2D eigenvalue weighted by Crippen LogP contribution is -2.34. The first kappa shape index (κ1) is 16.0. The third-order valence-corrected chi connectivity index (χ3v) is 5.51. The fourth-order valence-corrected chi connectivity index (χ4v) is 3.98. The van der Waals surface area contributed by atoms with E-state index in [4.69, 9.17) is 15.8 Å². The Kier molecular flexibility index (Phi) is 5.65. The maximum atomic E-state index is 12.3. The lowest BCUT2D eigenvalue weighted by molar-refractivity contribution is 0.0567. The Morgan fingerprint density at radius 1 is 1.25 bits per heavy atom. The van der Waals surface area contributed by atoms with Crippen LogP contribution in [0.1, 0.15) is 40.0 Å². The van der Waals surface area contributed by atoms with Gasteiger partial charge in [0, 0.05) is 5.02 Å². The van der Waals surface area contributed by atoms with Gasteiger partial charge in [-0.05, 0) is 54.9 Å². The second kappa shape index (κ2) is 7.06. The number of halogens is 1. The van der Waals surface area contributed by atoms with Crippen LogP contribution in [0.15, 0.2) is 29.2 Å². The molecule has 0 aromatic heterocycles. The van der Waals surface area contributed by atoms with Gasteiger partial charge >= 0.3 is 0 Å². The Labute approximate surface area is 129 Å². The van der Waals surface area contributed by atoms with Crippen molar-refractivity contribution in [3.8, 4) is 0 Å². The summed E-state index contributed by atoms with van der Waals surface area (Å²) in [6.45, 7) is 6.70. The summed E-state index contributed by atoms with van der Waals surface area (Å²) >= 11 is 4.45. The minimum atomic E-state index is -1.40. The number of hydrogen-bond acceptors (Lipinski definition) is 2. The van der Waals surface area contributed by atoms with Crippen LogP contribution >= 0.6 is 11.6 Å². The largest absolute Gasteiger partial charge is 0.283 e. The molecule has 20 heavy (non-hydrogen) atoms. The second-order valence-corrected chi connectivity index (χ2v) is 7.72. The van der Waals surface area contributed by atoms with E-state index in [0.29, 0.717) is 27.7 Å². The Hall–Kier alpha value is -0.380. The van der Waals surface area contributed by atoms with Crippen LogP contribution in [-0.4, -0.2) is 10.3 Å². The van der Waals surface area contributed by atoms with Gasteiger partial charge in [-0.1, -0.05) is 38.8 Å². The maximum Gasteiger partial charge on any atom is 0.189 e. The van der Waals surface area contributed by atoms with E-state index in [0.717, 1.165) is 6.42 Å². The van der Waals surface area contributed by atoms with Gasteiger partial charge in [0.15, 0.2) is 11.1 Å². The van der Waals surface area contributed by atoms with Gasteiger partial charge in [0.1, 0.15) is 0 Å². The minimum Gasteiger partial charge on any atom is -0.283 e.